The molecule has 0 atom stereocenters. The Morgan fingerprint density at radius 1 is 1.00 bits per heavy atom. The van der Waals surface area contributed by atoms with Crippen LogP contribution in [0.1, 0.15) is 0 Å². The fourth-order valence-corrected chi connectivity index (χ4v) is 0. The molecular weight excluding hydrogens is 171 g/mol. The van der Waals surface area contributed by atoms with Crippen molar-refractivity contribution in [1.29, 1.82) is 0 Å². The minimum Gasteiger partial charge on any atom is -0.412 e. The molecule has 0 bridgehead atoms. The molecule has 0 amide bonds. The van der Waals surface area contributed by atoms with E-state index in [-0.39, 0.29) is 52.8 Å². The summed E-state index contributed by atoms with van der Waals surface area (Å²) in [5.74, 6) is 0. The first kappa shape index (κ1) is 56.2. The Bertz CT molecular complexity index is 8.00. The van der Waals surface area contributed by atoms with Gasteiger partial charge in [-0.25, -0.2) is 0 Å². The summed E-state index contributed by atoms with van der Waals surface area (Å²) in [6.45, 7) is 0. The van der Waals surface area contributed by atoms with E-state index in [0.717, 1.165) is 0 Å². The van der Waals surface area contributed by atoms with Crippen molar-refractivity contribution in [2.75, 3.05) is 0 Å². The van der Waals surface area contributed by atoms with Crippen molar-refractivity contribution >= 4 is 13.5 Å². The quantitative estimate of drug-likeness (QED) is 0.435. The molecule has 0 aliphatic rings. The predicted molar refractivity (Wildman–Crippen MR) is 14.0 cm³/mol. The molecule has 0 rings (SSSR count). The van der Waals surface area contributed by atoms with E-state index >= 15 is 0 Å². The van der Waals surface area contributed by atoms with Crippen LogP contribution in [0.25, 0.3) is 0 Å². The molecule has 0 saturated carbocycles. The van der Waals surface area contributed by atoms with E-state index in [9.17, 15) is 0 Å². The van der Waals surface area contributed by atoms with E-state index in [0.29, 0.717) is 0 Å². The molecule has 0 heterocycles. The zero-order valence-corrected chi connectivity index (χ0v) is 4.62. The molecule has 0 unspecified atom stereocenters. The second-order valence-electron chi connectivity index (χ2n) is 0. The summed E-state index contributed by atoms with van der Waals surface area (Å²) in [7, 11) is 0. The van der Waals surface area contributed by atoms with Gasteiger partial charge >= 0.3 is 0 Å². The second kappa shape index (κ2) is 27.0. The van der Waals surface area contributed by atoms with Gasteiger partial charge in [0.05, 0.1) is 0 Å². The first-order chi connectivity index (χ1) is 0. The van der Waals surface area contributed by atoms with E-state index in [2.05, 4.69) is 0 Å². The van der Waals surface area contributed by atoms with Gasteiger partial charge in [0.1, 0.15) is 0 Å². The number of rotatable bonds is 0. The standard InChI is InChI=1S/Co.Cu.H2O.H2S/h;;2*1H2. The molecule has 0 saturated heterocycles. The SMILES string of the molecule is O.S.[Co].[Cu]. The molecule has 0 aromatic carbocycles. The molecule has 2 N–H and O–H groups in total. The van der Waals surface area contributed by atoms with Crippen molar-refractivity contribution < 1.29 is 39.3 Å². The fourth-order valence-electron chi connectivity index (χ4n) is 0. The molecule has 2 radical (unpaired) electrons. The molecule has 1 nitrogen and oxygen atoms in total. The molecule has 0 spiro atoms. The van der Waals surface area contributed by atoms with Crippen LogP contribution in [-0.2, 0) is 33.8 Å². The van der Waals surface area contributed by atoms with Gasteiger partial charge in [0.2, 0.25) is 0 Å². The summed E-state index contributed by atoms with van der Waals surface area (Å²) in [6, 6.07) is 0. The Balaban J connectivity index is 0. The van der Waals surface area contributed by atoms with Crippen LogP contribution in [0.4, 0.5) is 0 Å². The van der Waals surface area contributed by atoms with Crippen LogP contribution in [-0.4, -0.2) is 5.48 Å². The van der Waals surface area contributed by atoms with E-state index in [1.165, 1.54) is 0 Å². The van der Waals surface area contributed by atoms with Gasteiger partial charge in [-0.1, -0.05) is 0 Å². The third kappa shape index (κ3) is 10.2. The Labute approximate surface area is 53.0 Å². The van der Waals surface area contributed by atoms with E-state index in [4.69, 9.17) is 0 Å². The zero-order valence-electron chi connectivity index (χ0n) is 1.63. The minimum atomic E-state index is 0. The molecule has 36 valence electrons. The van der Waals surface area contributed by atoms with Crippen molar-refractivity contribution in [2.45, 2.75) is 0 Å². The average Bonchev–Trinajstić information content (AvgIpc) is 0. The molecule has 4 heteroatoms. The largest absolute Gasteiger partial charge is 0.412 e. The van der Waals surface area contributed by atoms with Crippen LogP contribution in [0, 0.1) is 0 Å². The van der Waals surface area contributed by atoms with Gasteiger partial charge < -0.3 is 5.48 Å². The summed E-state index contributed by atoms with van der Waals surface area (Å²) in [4.78, 5) is 0. The average molecular weight is 175 g/mol. The van der Waals surface area contributed by atoms with E-state index < -0.39 is 0 Å². The van der Waals surface area contributed by atoms with Crippen molar-refractivity contribution in [3.05, 3.63) is 0 Å². The molecular formula is H4CoCuOS. The van der Waals surface area contributed by atoms with Gasteiger partial charge in [-0.15, -0.1) is 0 Å². The van der Waals surface area contributed by atoms with Crippen molar-refractivity contribution in [1.82, 2.24) is 0 Å². The van der Waals surface area contributed by atoms with Gasteiger partial charge in [0.15, 0.2) is 0 Å². The summed E-state index contributed by atoms with van der Waals surface area (Å²) in [6.07, 6.45) is 0. The predicted octanol–water partition coefficient (Wildman–Crippen LogP) is -0.717. The molecule has 0 aromatic heterocycles. The van der Waals surface area contributed by atoms with E-state index in [1.807, 2.05) is 0 Å². The molecule has 0 fully saturated rings. The Morgan fingerprint density at radius 3 is 1.00 bits per heavy atom. The topological polar surface area (TPSA) is 31.5 Å². The Morgan fingerprint density at radius 2 is 1.00 bits per heavy atom. The van der Waals surface area contributed by atoms with Gasteiger partial charge in [0, 0.05) is 33.8 Å². The zero-order chi connectivity index (χ0) is 0. The second-order valence-corrected chi connectivity index (χ2v) is 0. The first-order valence-corrected chi connectivity index (χ1v) is 0. The minimum absolute atomic E-state index is 0. The maximum absolute atomic E-state index is 0. The van der Waals surface area contributed by atoms with Gasteiger partial charge in [0.25, 0.3) is 0 Å². The maximum atomic E-state index is 0. The normalized spacial score (nSPS) is 0. The van der Waals surface area contributed by atoms with Crippen LogP contribution in [0.15, 0.2) is 0 Å². The summed E-state index contributed by atoms with van der Waals surface area (Å²) < 4.78 is 0. The van der Waals surface area contributed by atoms with Crippen LogP contribution < -0.4 is 0 Å². The molecule has 0 aliphatic carbocycles. The summed E-state index contributed by atoms with van der Waals surface area (Å²) in [5, 5.41) is 0. The molecule has 4 heavy (non-hydrogen) atoms. The van der Waals surface area contributed by atoms with Gasteiger partial charge in [-0.3, -0.25) is 0 Å². The third-order valence-corrected chi connectivity index (χ3v) is 0. The van der Waals surface area contributed by atoms with Crippen LogP contribution in [0.3, 0.4) is 0 Å². The maximum Gasteiger partial charge on any atom is 0 e. The van der Waals surface area contributed by atoms with Crippen molar-refractivity contribution in [3.8, 4) is 0 Å². The fraction of sp³-hybridized carbons (Fsp3) is 0. The summed E-state index contributed by atoms with van der Waals surface area (Å²) in [5.41, 5.74) is 0. The molecule has 0 aromatic rings. The van der Waals surface area contributed by atoms with Crippen LogP contribution >= 0.6 is 13.5 Å². The monoisotopic (exact) mass is 174 g/mol. The Hall–Kier alpha value is 1.34. The Kier molecular flexibility index (Phi) is 380. The van der Waals surface area contributed by atoms with Gasteiger partial charge in [-0.05, 0) is 0 Å². The van der Waals surface area contributed by atoms with Gasteiger partial charge in [-0.2, -0.15) is 13.5 Å². The van der Waals surface area contributed by atoms with Crippen LogP contribution in [0.2, 0.25) is 0 Å². The van der Waals surface area contributed by atoms with E-state index in [1.54, 1.807) is 0 Å². The number of hydrogen-bond donors (Lipinski definition) is 0. The summed E-state index contributed by atoms with van der Waals surface area (Å²) >= 11 is 0. The van der Waals surface area contributed by atoms with Crippen molar-refractivity contribution in [2.24, 2.45) is 0 Å². The molecule has 0 aliphatic heterocycles. The smallest absolute Gasteiger partial charge is 0 e. The van der Waals surface area contributed by atoms with Crippen LogP contribution in [0.5, 0.6) is 0 Å². The first-order valence-electron chi connectivity index (χ1n) is 0. The third-order valence-electron chi connectivity index (χ3n) is 0. The van der Waals surface area contributed by atoms with Crippen molar-refractivity contribution in [3.63, 3.8) is 0 Å². The number of hydrogen-bond acceptors (Lipinski definition) is 0.